The lowest BCUT2D eigenvalue weighted by Crippen LogP contribution is -2.18. The van der Waals surface area contributed by atoms with E-state index < -0.39 is 17.7 Å². The Balaban J connectivity index is 1.42. The van der Waals surface area contributed by atoms with Gasteiger partial charge in [-0.15, -0.1) is 0 Å². The molecule has 3 aromatic rings. The summed E-state index contributed by atoms with van der Waals surface area (Å²) in [6, 6.07) is 16.8. The fourth-order valence-electron chi connectivity index (χ4n) is 4.43. The van der Waals surface area contributed by atoms with Crippen LogP contribution in [0.2, 0.25) is 0 Å². The zero-order valence-electron chi connectivity index (χ0n) is 20.5. The van der Waals surface area contributed by atoms with Crippen molar-refractivity contribution in [1.82, 2.24) is 4.90 Å². The van der Waals surface area contributed by atoms with E-state index >= 15 is 0 Å². The topological polar surface area (TPSA) is 66.8 Å². The molecule has 0 saturated carbocycles. The number of benzene rings is 3. The molecule has 1 N–H and O–H groups in total. The number of carbonyl (C=O) groups is 2. The predicted octanol–water partition coefficient (Wildman–Crippen LogP) is 5.97. The van der Waals surface area contributed by atoms with E-state index in [0.717, 1.165) is 30.8 Å². The first kappa shape index (κ1) is 25.3. The molecule has 0 amide bonds. The quantitative estimate of drug-likeness (QED) is 0.241. The molecule has 1 unspecified atom stereocenters. The Morgan fingerprint density at radius 3 is 2.42 bits per heavy atom. The molecule has 1 heterocycles. The number of methoxy groups -OCH3 is 1. The van der Waals surface area contributed by atoms with Crippen molar-refractivity contribution in [2.45, 2.75) is 32.2 Å². The number of nitrogens with zero attached hydrogens (tertiary/aromatic N) is 1. The third-order valence-electron chi connectivity index (χ3n) is 6.66. The molecule has 6 heteroatoms. The molecule has 1 fully saturated rings. The fraction of sp³-hybridized carbons (Fsp3) is 0.267. The molecule has 0 aliphatic carbocycles. The summed E-state index contributed by atoms with van der Waals surface area (Å²) in [7, 11) is 1.30. The first-order valence-corrected chi connectivity index (χ1v) is 12.1. The lowest BCUT2D eigenvalue weighted by Gasteiger charge is -2.15. The van der Waals surface area contributed by atoms with E-state index in [4.69, 9.17) is 4.74 Å². The third kappa shape index (κ3) is 5.89. The molecule has 186 valence electrons. The maximum Gasteiger partial charge on any atom is 0.312 e. The van der Waals surface area contributed by atoms with Crippen LogP contribution in [-0.2, 0) is 16.1 Å². The zero-order chi connectivity index (χ0) is 25.7. The smallest absolute Gasteiger partial charge is 0.312 e. The SMILES string of the molecule is COC(=O)C(C)c1ccc(-c2ccc(C(=O)/C=C/c3ccc(CN4CCCC4)c(O)c3)cc2)c(F)c1. The monoisotopic (exact) mass is 487 g/mol. The molecular weight excluding hydrogens is 457 g/mol. The molecule has 1 atom stereocenters. The van der Waals surface area contributed by atoms with Crippen LogP contribution in [0.15, 0.2) is 66.7 Å². The van der Waals surface area contributed by atoms with Crippen molar-refractivity contribution in [3.63, 3.8) is 0 Å². The molecule has 1 saturated heterocycles. The van der Waals surface area contributed by atoms with Gasteiger partial charge in [0.1, 0.15) is 11.6 Å². The van der Waals surface area contributed by atoms with Crippen LogP contribution in [0.4, 0.5) is 4.39 Å². The van der Waals surface area contributed by atoms with Gasteiger partial charge in [-0.05, 0) is 67.8 Å². The Hall–Kier alpha value is -3.77. The normalized spacial score (nSPS) is 14.8. The minimum atomic E-state index is -0.562. The number of allylic oxidation sites excluding steroid dienone is 1. The molecule has 0 aromatic heterocycles. The number of halogens is 1. The molecule has 1 aliphatic rings. The lowest BCUT2D eigenvalue weighted by molar-refractivity contribution is -0.142. The molecule has 0 bridgehead atoms. The van der Waals surface area contributed by atoms with Crippen molar-refractivity contribution >= 4 is 17.8 Å². The van der Waals surface area contributed by atoms with Gasteiger partial charge < -0.3 is 9.84 Å². The van der Waals surface area contributed by atoms with Gasteiger partial charge in [-0.2, -0.15) is 0 Å². The van der Waals surface area contributed by atoms with Crippen molar-refractivity contribution in [3.05, 3.63) is 94.8 Å². The lowest BCUT2D eigenvalue weighted by atomic mass is 9.96. The summed E-state index contributed by atoms with van der Waals surface area (Å²) in [5.74, 6) is -1.39. The van der Waals surface area contributed by atoms with Crippen molar-refractivity contribution < 1.29 is 23.8 Å². The molecule has 1 aliphatic heterocycles. The van der Waals surface area contributed by atoms with E-state index in [2.05, 4.69) is 4.90 Å². The van der Waals surface area contributed by atoms with Crippen LogP contribution in [0.3, 0.4) is 0 Å². The van der Waals surface area contributed by atoms with Gasteiger partial charge in [0.2, 0.25) is 0 Å². The molecule has 0 radical (unpaired) electrons. The number of phenols is 1. The number of rotatable bonds is 8. The summed E-state index contributed by atoms with van der Waals surface area (Å²) in [6.07, 6.45) is 5.54. The van der Waals surface area contributed by atoms with E-state index in [0.29, 0.717) is 22.3 Å². The molecule has 5 nitrogen and oxygen atoms in total. The Labute approximate surface area is 210 Å². The van der Waals surface area contributed by atoms with Crippen molar-refractivity contribution in [3.8, 4) is 16.9 Å². The maximum atomic E-state index is 14.8. The second-order valence-electron chi connectivity index (χ2n) is 9.13. The van der Waals surface area contributed by atoms with Crippen molar-refractivity contribution in [2.75, 3.05) is 20.2 Å². The molecular formula is C30H30FNO4. The van der Waals surface area contributed by atoms with Gasteiger partial charge >= 0.3 is 5.97 Å². The maximum absolute atomic E-state index is 14.8. The number of ether oxygens (including phenoxy) is 1. The average molecular weight is 488 g/mol. The minimum absolute atomic E-state index is 0.190. The second-order valence-corrected chi connectivity index (χ2v) is 9.13. The van der Waals surface area contributed by atoms with Crippen LogP contribution in [0.1, 0.15) is 52.7 Å². The number of ketones is 1. The fourth-order valence-corrected chi connectivity index (χ4v) is 4.43. The van der Waals surface area contributed by atoms with Crippen molar-refractivity contribution in [2.24, 2.45) is 0 Å². The van der Waals surface area contributed by atoms with E-state index in [1.54, 1.807) is 55.5 Å². The average Bonchev–Trinajstić information content (AvgIpc) is 3.41. The zero-order valence-corrected chi connectivity index (χ0v) is 20.5. The third-order valence-corrected chi connectivity index (χ3v) is 6.66. The highest BCUT2D eigenvalue weighted by atomic mass is 19.1. The first-order chi connectivity index (χ1) is 17.4. The van der Waals surface area contributed by atoms with Gasteiger partial charge in [-0.1, -0.05) is 54.6 Å². The largest absolute Gasteiger partial charge is 0.508 e. The number of hydrogen-bond donors (Lipinski definition) is 1. The number of carbonyl (C=O) groups excluding carboxylic acids is 2. The van der Waals surface area contributed by atoms with E-state index in [1.807, 2.05) is 12.1 Å². The van der Waals surface area contributed by atoms with Gasteiger partial charge in [-0.25, -0.2) is 4.39 Å². The number of hydrogen-bond acceptors (Lipinski definition) is 5. The standard InChI is InChI=1S/C30H30FNO4/c1-20(30(35)36-2)24-12-13-26(27(31)18-24)22-8-10-23(11-9-22)28(33)14-6-21-5-7-25(29(34)17-21)19-32-15-3-4-16-32/h5-14,17-18,20,34H,3-4,15-16,19H2,1-2H3/b14-6+. The van der Waals surface area contributed by atoms with Gasteiger partial charge in [0, 0.05) is 23.2 Å². The summed E-state index contributed by atoms with van der Waals surface area (Å²) < 4.78 is 19.5. The van der Waals surface area contributed by atoms with Crippen LogP contribution in [0.25, 0.3) is 17.2 Å². The number of esters is 1. The highest BCUT2D eigenvalue weighted by Crippen LogP contribution is 2.28. The minimum Gasteiger partial charge on any atom is -0.508 e. The van der Waals surface area contributed by atoms with Gasteiger partial charge in [-0.3, -0.25) is 14.5 Å². The van der Waals surface area contributed by atoms with Gasteiger partial charge in [0.25, 0.3) is 0 Å². The Kier molecular flexibility index (Phi) is 7.96. The molecule has 3 aromatic carbocycles. The summed E-state index contributed by atoms with van der Waals surface area (Å²) in [5.41, 5.74) is 3.65. The van der Waals surface area contributed by atoms with Crippen LogP contribution in [0, 0.1) is 5.82 Å². The predicted molar refractivity (Wildman–Crippen MR) is 138 cm³/mol. The first-order valence-electron chi connectivity index (χ1n) is 12.1. The second kappa shape index (κ2) is 11.3. The summed E-state index contributed by atoms with van der Waals surface area (Å²) in [5, 5.41) is 10.4. The van der Waals surface area contributed by atoms with Crippen LogP contribution >= 0.6 is 0 Å². The van der Waals surface area contributed by atoms with Crippen molar-refractivity contribution in [1.29, 1.82) is 0 Å². The van der Waals surface area contributed by atoms with E-state index in [-0.39, 0.29) is 11.5 Å². The molecule has 0 spiro atoms. The number of likely N-dealkylation sites (tertiary alicyclic amines) is 1. The Morgan fingerprint density at radius 1 is 1.06 bits per heavy atom. The van der Waals surface area contributed by atoms with Crippen LogP contribution in [0.5, 0.6) is 5.75 Å². The molecule has 36 heavy (non-hydrogen) atoms. The summed E-state index contributed by atoms with van der Waals surface area (Å²) in [4.78, 5) is 26.7. The highest BCUT2D eigenvalue weighted by molar-refractivity contribution is 6.07. The van der Waals surface area contributed by atoms with Crippen LogP contribution in [-0.4, -0.2) is 42.0 Å². The number of phenolic OH excluding ortho intramolecular Hbond substituents is 1. The van der Waals surface area contributed by atoms with E-state index in [9.17, 15) is 19.1 Å². The van der Waals surface area contributed by atoms with Gasteiger partial charge in [0.15, 0.2) is 5.78 Å². The highest BCUT2D eigenvalue weighted by Gasteiger charge is 2.18. The molecule has 4 rings (SSSR count). The van der Waals surface area contributed by atoms with Gasteiger partial charge in [0.05, 0.1) is 13.0 Å². The summed E-state index contributed by atoms with van der Waals surface area (Å²) >= 11 is 0. The van der Waals surface area contributed by atoms with Crippen LogP contribution < -0.4 is 0 Å². The Bertz CT molecular complexity index is 1280. The van der Waals surface area contributed by atoms with E-state index in [1.165, 1.54) is 32.1 Å². The number of aromatic hydroxyl groups is 1. The Morgan fingerprint density at radius 2 is 1.78 bits per heavy atom. The summed E-state index contributed by atoms with van der Waals surface area (Å²) in [6.45, 7) is 4.51.